The van der Waals surface area contributed by atoms with Gasteiger partial charge in [0.1, 0.15) is 17.3 Å². The highest BCUT2D eigenvalue weighted by molar-refractivity contribution is 5.75. The molecule has 0 radical (unpaired) electrons. The van der Waals surface area contributed by atoms with Gasteiger partial charge >= 0.3 is 5.97 Å². The molecule has 0 saturated heterocycles. The first-order chi connectivity index (χ1) is 11.1. The molecule has 2 aromatic rings. The summed E-state index contributed by atoms with van der Waals surface area (Å²) in [6.45, 7) is 0.458. The van der Waals surface area contributed by atoms with Gasteiger partial charge in [-0.25, -0.2) is 4.39 Å². The van der Waals surface area contributed by atoms with Gasteiger partial charge in [0.05, 0.1) is 19.6 Å². The van der Waals surface area contributed by atoms with Crippen LogP contribution in [-0.2, 0) is 9.53 Å². The van der Waals surface area contributed by atoms with Crippen LogP contribution in [0.15, 0.2) is 42.5 Å². The Morgan fingerprint density at radius 2 is 2.00 bits per heavy atom. The fourth-order valence-corrected chi connectivity index (χ4v) is 2.54. The van der Waals surface area contributed by atoms with E-state index in [1.165, 1.54) is 25.3 Å². The average Bonchev–Trinajstić information content (AvgIpc) is 3.35. The van der Waals surface area contributed by atoms with Crippen LogP contribution < -0.4 is 4.74 Å². The normalized spacial score (nSPS) is 19.2. The van der Waals surface area contributed by atoms with E-state index in [1.807, 2.05) is 0 Å². The minimum absolute atomic E-state index is 0.0179. The van der Waals surface area contributed by atoms with Crippen LogP contribution in [0.5, 0.6) is 11.5 Å². The molecule has 0 bridgehead atoms. The van der Waals surface area contributed by atoms with E-state index in [1.54, 1.807) is 24.3 Å². The van der Waals surface area contributed by atoms with Gasteiger partial charge in [0.25, 0.3) is 0 Å². The van der Waals surface area contributed by atoms with E-state index < -0.39 is 5.82 Å². The van der Waals surface area contributed by atoms with Crippen molar-refractivity contribution in [3.05, 3.63) is 48.3 Å². The monoisotopic (exact) mass is 316 g/mol. The van der Waals surface area contributed by atoms with Crippen molar-refractivity contribution in [1.29, 1.82) is 0 Å². The summed E-state index contributed by atoms with van der Waals surface area (Å²) in [5.74, 6) is 0.240. The largest absolute Gasteiger partial charge is 0.508 e. The van der Waals surface area contributed by atoms with Gasteiger partial charge in [-0.2, -0.15) is 0 Å². The second kappa shape index (κ2) is 6.28. The number of carbonyl (C=O) groups excluding carboxylic acids is 1. The highest BCUT2D eigenvalue weighted by atomic mass is 19.1. The van der Waals surface area contributed by atoms with Gasteiger partial charge in [-0.1, -0.05) is 12.1 Å². The number of esters is 1. The van der Waals surface area contributed by atoms with Crippen LogP contribution in [0.25, 0.3) is 11.1 Å². The Balaban J connectivity index is 1.62. The first-order valence-corrected chi connectivity index (χ1v) is 7.38. The van der Waals surface area contributed by atoms with Crippen molar-refractivity contribution >= 4 is 5.97 Å². The quantitative estimate of drug-likeness (QED) is 0.859. The van der Waals surface area contributed by atoms with E-state index in [-0.39, 0.29) is 23.6 Å². The fourth-order valence-electron chi connectivity index (χ4n) is 2.54. The third kappa shape index (κ3) is 3.44. The smallest absolute Gasteiger partial charge is 0.309 e. The molecule has 23 heavy (non-hydrogen) atoms. The molecule has 0 amide bonds. The van der Waals surface area contributed by atoms with Crippen LogP contribution in [-0.4, -0.2) is 24.8 Å². The molecular weight excluding hydrogens is 299 g/mol. The van der Waals surface area contributed by atoms with Crippen molar-refractivity contribution in [2.24, 2.45) is 11.8 Å². The number of aromatic hydroxyl groups is 1. The summed E-state index contributed by atoms with van der Waals surface area (Å²) in [5, 5.41) is 9.47. The highest BCUT2D eigenvalue weighted by Crippen LogP contribution is 2.39. The number of benzene rings is 2. The van der Waals surface area contributed by atoms with Crippen molar-refractivity contribution in [2.75, 3.05) is 13.7 Å². The zero-order chi connectivity index (χ0) is 16.4. The summed E-state index contributed by atoms with van der Waals surface area (Å²) in [7, 11) is 1.39. The van der Waals surface area contributed by atoms with Crippen LogP contribution in [0.2, 0.25) is 0 Å². The number of halogens is 1. The Morgan fingerprint density at radius 1 is 1.26 bits per heavy atom. The predicted octanol–water partition coefficient (Wildman–Crippen LogP) is 3.39. The molecule has 1 aliphatic rings. The molecule has 120 valence electrons. The van der Waals surface area contributed by atoms with Crippen LogP contribution >= 0.6 is 0 Å². The maximum atomic E-state index is 13.8. The summed E-state index contributed by atoms with van der Waals surface area (Å²) in [5.41, 5.74) is 0.995. The Hall–Kier alpha value is -2.56. The van der Waals surface area contributed by atoms with Crippen LogP contribution in [0.3, 0.4) is 0 Å². The first kappa shape index (κ1) is 15.3. The second-order valence-electron chi connectivity index (χ2n) is 5.62. The minimum atomic E-state index is -0.393. The van der Waals surface area contributed by atoms with E-state index >= 15 is 0 Å². The molecule has 1 fully saturated rings. The minimum Gasteiger partial charge on any atom is -0.508 e. The summed E-state index contributed by atoms with van der Waals surface area (Å²) < 4.78 is 24.1. The van der Waals surface area contributed by atoms with Gasteiger partial charge in [-0.15, -0.1) is 0 Å². The number of methoxy groups -OCH3 is 1. The Bertz CT molecular complexity index is 711. The SMILES string of the molecule is COC(=O)C1CC1COc1ccc(-c2cc(O)ccc2F)cc1. The molecule has 2 unspecified atom stereocenters. The molecule has 1 aliphatic carbocycles. The third-order valence-corrected chi connectivity index (χ3v) is 4.01. The molecule has 3 rings (SSSR count). The highest BCUT2D eigenvalue weighted by Gasteiger charge is 2.44. The molecule has 2 aromatic carbocycles. The molecule has 5 heteroatoms. The lowest BCUT2D eigenvalue weighted by molar-refractivity contribution is -0.142. The number of hydrogen-bond donors (Lipinski definition) is 1. The zero-order valence-corrected chi connectivity index (χ0v) is 12.7. The van der Waals surface area contributed by atoms with E-state index in [0.717, 1.165) is 6.42 Å². The Kier molecular flexibility index (Phi) is 4.19. The molecule has 2 atom stereocenters. The maximum Gasteiger partial charge on any atom is 0.309 e. The summed E-state index contributed by atoms with van der Waals surface area (Å²) in [4.78, 5) is 11.3. The van der Waals surface area contributed by atoms with Gasteiger partial charge in [0.15, 0.2) is 0 Å². The third-order valence-electron chi connectivity index (χ3n) is 4.01. The standard InChI is InChI=1S/C18H17FO4/c1-22-18(21)16-8-12(16)10-23-14-5-2-11(3-6-14)15-9-13(20)4-7-17(15)19/h2-7,9,12,16,20H,8,10H2,1H3. The van der Waals surface area contributed by atoms with E-state index in [2.05, 4.69) is 0 Å². The van der Waals surface area contributed by atoms with Crippen molar-refractivity contribution in [3.8, 4) is 22.6 Å². The lowest BCUT2D eigenvalue weighted by atomic mass is 10.0. The summed E-state index contributed by atoms with van der Waals surface area (Å²) in [6, 6.07) is 10.9. The number of rotatable bonds is 5. The molecule has 1 saturated carbocycles. The van der Waals surface area contributed by atoms with E-state index in [0.29, 0.717) is 23.5 Å². The van der Waals surface area contributed by atoms with Crippen molar-refractivity contribution in [2.45, 2.75) is 6.42 Å². The molecule has 0 aliphatic heterocycles. The van der Waals surface area contributed by atoms with Gasteiger partial charge in [0, 0.05) is 11.5 Å². The predicted molar refractivity (Wildman–Crippen MR) is 82.6 cm³/mol. The van der Waals surface area contributed by atoms with Gasteiger partial charge in [-0.05, 0) is 42.3 Å². The number of carbonyl (C=O) groups is 1. The lowest BCUT2D eigenvalue weighted by Crippen LogP contribution is -2.08. The topological polar surface area (TPSA) is 55.8 Å². The summed E-state index contributed by atoms with van der Waals surface area (Å²) >= 11 is 0. The molecular formula is C18H17FO4. The van der Waals surface area contributed by atoms with Gasteiger partial charge in [-0.3, -0.25) is 4.79 Å². The first-order valence-electron chi connectivity index (χ1n) is 7.38. The fraction of sp³-hybridized carbons (Fsp3) is 0.278. The molecule has 4 nitrogen and oxygen atoms in total. The van der Waals surface area contributed by atoms with Crippen molar-refractivity contribution < 1.29 is 23.8 Å². The van der Waals surface area contributed by atoms with Crippen LogP contribution in [0.4, 0.5) is 4.39 Å². The van der Waals surface area contributed by atoms with E-state index in [4.69, 9.17) is 9.47 Å². The van der Waals surface area contributed by atoms with Crippen molar-refractivity contribution in [3.63, 3.8) is 0 Å². The summed E-state index contributed by atoms with van der Waals surface area (Å²) in [6.07, 6.45) is 0.791. The van der Waals surface area contributed by atoms with Crippen molar-refractivity contribution in [1.82, 2.24) is 0 Å². The van der Waals surface area contributed by atoms with E-state index in [9.17, 15) is 14.3 Å². The van der Waals surface area contributed by atoms with Crippen LogP contribution in [0.1, 0.15) is 6.42 Å². The Labute approximate surface area is 133 Å². The molecule has 0 heterocycles. The number of phenolic OH excluding ortho intramolecular Hbond substituents is 1. The number of phenols is 1. The molecule has 0 aromatic heterocycles. The van der Waals surface area contributed by atoms with Crippen LogP contribution in [0, 0.1) is 17.7 Å². The number of hydrogen-bond acceptors (Lipinski definition) is 4. The maximum absolute atomic E-state index is 13.8. The average molecular weight is 316 g/mol. The zero-order valence-electron chi connectivity index (χ0n) is 12.7. The van der Waals surface area contributed by atoms with Gasteiger partial charge < -0.3 is 14.6 Å². The second-order valence-corrected chi connectivity index (χ2v) is 5.62. The lowest BCUT2D eigenvalue weighted by Gasteiger charge is -2.08. The molecule has 1 N–H and O–H groups in total. The Morgan fingerprint density at radius 3 is 2.70 bits per heavy atom. The van der Waals surface area contributed by atoms with Gasteiger partial charge in [0.2, 0.25) is 0 Å². The number of ether oxygens (including phenoxy) is 2. The molecule has 0 spiro atoms.